The molecule has 0 bridgehead atoms. The number of alkyl halides is 3. The molecule has 4 rings (SSSR count). The van der Waals surface area contributed by atoms with Gasteiger partial charge in [0.2, 0.25) is 5.95 Å². The van der Waals surface area contributed by atoms with Gasteiger partial charge in [-0.05, 0) is 31.9 Å². The second-order valence-corrected chi connectivity index (χ2v) is 7.02. The maximum Gasteiger partial charge on any atom is 0.417 e. The summed E-state index contributed by atoms with van der Waals surface area (Å²) >= 11 is 0. The minimum Gasteiger partial charge on any atom is -0.384 e. The highest BCUT2D eigenvalue weighted by Crippen LogP contribution is 2.42. The van der Waals surface area contributed by atoms with Crippen molar-refractivity contribution in [2.75, 3.05) is 30.4 Å². The number of pyridine rings is 1. The van der Waals surface area contributed by atoms with Crippen LogP contribution in [-0.2, 0) is 10.9 Å². The van der Waals surface area contributed by atoms with Gasteiger partial charge < -0.3 is 15.4 Å². The summed E-state index contributed by atoms with van der Waals surface area (Å²) in [5, 5.41) is 0. The Hall–Kier alpha value is -2.42. The molecule has 144 valence electrons. The Morgan fingerprint density at radius 3 is 2.67 bits per heavy atom. The van der Waals surface area contributed by atoms with Crippen LogP contribution in [0.15, 0.2) is 18.3 Å². The fraction of sp³-hybridized carbons (Fsp3) is 0.500. The molecule has 1 aliphatic heterocycles. The van der Waals surface area contributed by atoms with Gasteiger partial charge in [-0.2, -0.15) is 13.2 Å². The lowest BCUT2D eigenvalue weighted by Gasteiger charge is -2.33. The van der Waals surface area contributed by atoms with Crippen LogP contribution in [0, 0.1) is 0 Å². The Morgan fingerprint density at radius 1 is 1.22 bits per heavy atom. The zero-order chi connectivity index (χ0) is 19.2. The van der Waals surface area contributed by atoms with E-state index in [2.05, 4.69) is 15.0 Å². The van der Waals surface area contributed by atoms with Crippen molar-refractivity contribution in [1.82, 2.24) is 15.0 Å². The zero-order valence-electron chi connectivity index (χ0n) is 14.8. The van der Waals surface area contributed by atoms with Gasteiger partial charge in [0, 0.05) is 29.9 Å². The first-order valence-electron chi connectivity index (χ1n) is 8.89. The van der Waals surface area contributed by atoms with Crippen molar-refractivity contribution >= 4 is 11.8 Å². The summed E-state index contributed by atoms with van der Waals surface area (Å²) in [6, 6.07) is 2.55. The second-order valence-electron chi connectivity index (χ2n) is 7.02. The van der Waals surface area contributed by atoms with Gasteiger partial charge in [-0.1, -0.05) is 0 Å². The van der Waals surface area contributed by atoms with Gasteiger partial charge in [-0.25, -0.2) is 15.0 Å². The van der Waals surface area contributed by atoms with E-state index in [1.165, 1.54) is 0 Å². The van der Waals surface area contributed by atoms with E-state index in [9.17, 15) is 13.2 Å². The molecule has 0 unspecified atom stereocenters. The number of nitrogen functional groups attached to an aromatic ring is 1. The second kappa shape index (κ2) is 6.63. The van der Waals surface area contributed by atoms with Gasteiger partial charge in [-0.3, -0.25) is 0 Å². The van der Waals surface area contributed by atoms with Crippen molar-refractivity contribution in [3.05, 3.63) is 29.6 Å². The highest BCUT2D eigenvalue weighted by molar-refractivity contribution is 5.67. The number of rotatable bonds is 3. The molecule has 0 amide bonds. The van der Waals surface area contributed by atoms with E-state index in [0.29, 0.717) is 25.7 Å². The van der Waals surface area contributed by atoms with Crippen LogP contribution in [-0.4, -0.2) is 40.8 Å². The first kappa shape index (κ1) is 18.0. The third-order valence-electron chi connectivity index (χ3n) is 4.86. The number of aromatic nitrogens is 3. The van der Waals surface area contributed by atoms with Crippen molar-refractivity contribution in [3.63, 3.8) is 0 Å². The molecule has 0 spiro atoms. The first-order chi connectivity index (χ1) is 12.8. The predicted octanol–water partition coefficient (Wildman–Crippen LogP) is 3.24. The molecule has 2 fully saturated rings. The predicted molar refractivity (Wildman–Crippen MR) is 94.3 cm³/mol. The average molecular weight is 379 g/mol. The third-order valence-corrected chi connectivity index (χ3v) is 4.86. The van der Waals surface area contributed by atoms with E-state index < -0.39 is 11.7 Å². The Balaban J connectivity index is 1.84. The van der Waals surface area contributed by atoms with Gasteiger partial charge in [0.05, 0.1) is 30.5 Å². The first-order valence-corrected chi connectivity index (χ1v) is 8.89. The lowest BCUT2D eigenvalue weighted by atomic mass is 10.0. The molecule has 6 nitrogen and oxygen atoms in total. The molecule has 2 aromatic rings. The maximum absolute atomic E-state index is 13.5. The number of hydrogen-bond donors (Lipinski definition) is 1. The minimum absolute atomic E-state index is 0.0488. The van der Waals surface area contributed by atoms with Crippen LogP contribution in [0.2, 0.25) is 0 Å². The number of ether oxygens (including phenoxy) is 1. The van der Waals surface area contributed by atoms with Crippen LogP contribution in [0.4, 0.5) is 24.9 Å². The standard InChI is InChI=1S/C18H20F3N5O/c1-10-9-27-5-4-26(10)17-24-14(11-2-3-11)7-15(25-17)12-8-23-16(22)6-13(12)18(19,20)21/h6-8,10-11H,2-5,9H2,1H3,(H2,22,23)/t10-/m0/s1. The van der Waals surface area contributed by atoms with E-state index in [1.54, 1.807) is 6.07 Å². The van der Waals surface area contributed by atoms with Gasteiger partial charge in [0.1, 0.15) is 5.82 Å². The van der Waals surface area contributed by atoms with E-state index in [4.69, 9.17) is 10.5 Å². The van der Waals surface area contributed by atoms with Crippen molar-refractivity contribution in [2.45, 2.75) is 37.9 Å². The van der Waals surface area contributed by atoms with Crippen molar-refractivity contribution in [3.8, 4) is 11.3 Å². The molecule has 1 saturated carbocycles. The largest absolute Gasteiger partial charge is 0.417 e. The van der Waals surface area contributed by atoms with Gasteiger partial charge >= 0.3 is 6.18 Å². The monoisotopic (exact) mass is 379 g/mol. The van der Waals surface area contributed by atoms with Crippen molar-refractivity contribution < 1.29 is 17.9 Å². The van der Waals surface area contributed by atoms with E-state index in [0.717, 1.165) is 30.8 Å². The smallest absolute Gasteiger partial charge is 0.384 e. The van der Waals surface area contributed by atoms with Gasteiger partial charge in [0.25, 0.3) is 0 Å². The Labute approximate surface area is 154 Å². The van der Waals surface area contributed by atoms with Crippen LogP contribution in [0.1, 0.15) is 36.9 Å². The fourth-order valence-corrected chi connectivity index (χ4v) is 3.24. The highest BCUT2D eigenvalue weighted by atomic mass is 19.4. The Kier molecular flexibility index (Phi) is 4.41. The summed E-state index contributed by atoms with van der Waals surface area (Å²) in [7, 11) is 0. The fourth-order valence-electron chi connectivity index (χ4n) is 3.24. The average Bonchev–Trinajstić information content (AvgIpc) is 3.46. The number of anilines is 2. The maximum atomic E-state index is 13.5. The molecule has 9 heteroatoms. The van der Waals surface area contributed by atoms with Crippen LogP contribution in [0.5, 0.6) is 0 Å². The summed E-state index contributed by atoms with van der Waals surface area (Å²) in [4.78, 5) is 15.0. The van der Waals surface area contributed by atoms with Crippen LogP contribution >= 0.6 is 0 Å². The Bertz CT molecular complexity index is 853. The number of halogens is 3. The molecule has 1 saturated heterocycles. The summed E-state index contributed by atoms with van der Waals surface area (Å²) in [6.07, 6.45) is -1.44. The lowest BCUT2D eigenvalue weighted by molar-refractivity contribution is -0.137. The third kappa shape index (κ3) is 3.69. The minimum atomic E-state index is -4.55. The molecule has 1 aliphatic carbocycles. The topological polar surface area (TPSA) is 77.2 Å². The lowest BCUT2D eigenvalue weighted by Crippen LogP contribution is -2.44. The SMILES string of the molecule is C[C@H]1COCCN1c1nc(-c2cnc(N)cc2C(F)(F)F)cc(C2CC2)n1. The molecule has 27 heavy (non-hydrogen) atoms. The number of hydrogen-bond acceptors (Lipinski definition) is 6. The normalized spacial score (nSPS) is 20.7. The number of nitrogens with two attached hydrogens (primary N) is 1. The highest BCUT2D eigenvalue weighted by Gasteiger charge is 2.36. The van der Waals surface area contributed by atoms with E-state index in [-0.39, 0.29) is 29.0 Å². The number of nitrogens with zero attached hydrogens (tertiary/aromatic N) is 4. The molecule has 2 N–H and O–H groups in total. The quantitative estimate of drug-likeness (QED) is 0.882. The van der Waals surface area contributed by atoms with Crippen molar-refractivity contribution in [1.29, 1.82) is 0 Å². The van der Waals surface area contributed by atoms with E-state index >= 15 is 0 Å². The molecule has 1 atom stereocenters. The molecule has 0 aromatic carbocycles. The molecular formula is C18H20F3N5O. The molecule has 3 heterocycles. The summed E-state index contributed by atoms with van der Waals surface area (Å²) in [6.45, 7) is 3.65. The van der Waals surface area contributed by atoms with Gasteiger partial charge in [-0.15, -0.1) is 0 Å². The Morgan fingerprint density at radius 2 is 2.00 bits per heavy atom. The summed E-state index contributed by atoms with van der Waals surface area (Å²) < 4.78 is 46.1. The molecule has 0 radical (unpaired) electrons. The van der Waals surface area contributed by atoms with E-state index in [1.807, 2.05) is 11.8 Å². The molecule has 2 aromatic heterocycles. The van der Waals surface area contributed by atoms with Crippen LogP contribution in [0.25, 0.3) is 11.3 Å². The summed E-state index contributed by atoms with van der Waals surface area (Å²) in [5.41, 5.74) is 5.57. The number of morpholine rings is 1. The van der Waals surface area contributed by atoms with Crippen LogP contribution < -0.4 is 10.6 Å². The van der Waals surface area contributed by atoms with Crippen LogP contribution in [0.3, 0.4) is 0 Å². The molecular weight excluding hydrogens is 359 g/mol. The van der Waals surface area contributed by atoms with Gasteiger partial charge in [0.15, 0.2) is 0 Å². The zero-order valence-corrected chi connectivity index (χ0v) is 14.8. The summed E-state index contributed by atoms with van der Waals surface area (Å²) in [5.74, 6) is 0.539. The molecule has 2 aliphatic rings. The van der Waals surface area contributed by atoms with Crippen molar-refractivity contribution in [2.24, 2.45) is 0 Å².